The van der Waals surface area contributed by atoms with E-state index in [1.54, 1.807) is 0 Å². The number of alkyl halides is 1. The number of hydrogen-bond acceptors (Lipinski definition) is 1. The molecule has 0 spiro atoms. The van der Waals surface area contributed by atoms with Crippen LogP contribution in [0.4, 0.5) is 8.78 Å². The quantitative estimate of drug-likeness (QED) is 0.794. The Bertz CT molecular complexity index is 437. The predicted molar refractivity (Wildman–Crippen MR) is 75.2 cm³/mol. The van der Waals surface area contributed by atoms with Gasteiger partial charge >= 0.3 is 0 Å². The van der Waals surface area contributed by atoms with Gasteiger partial charge in [0, 0.05) is 16.9 Å². The van der Waals surface area contributed by atoms with Gasteiger partial charge in [0.2, 0.25) is 5.91 Å². The maximum absolute atomic E-state index is 13.4. The number of amides is 1. The lowest BCUT2D eigenvalue weighted by Crippen LogP contribution is -2.31. The summed E-state index contributed by atoms with van der Waals surface area (Å²) in [4.78, 5) is 11.8. The lowest BCUT2D eigenvalue weighted by Gasteiger charge is -2.13. The van der Waals surface area contributed by atoms with Crippen molar-refractivity contribution in [2.24, 2.45) is 5.92 Å². The van der Waals surface area contributed by atoms with E-state index in [-0.39, 0.29) is 22.7 Å². The summed E-state index contributed by atoms with van der Waals surface area (Å²) >= 11 is 3.47. The first-order chi connectivity index (χ1) is 8.90. The van der Waals surface area contributed by atoms with Crippen molar-refractivity contribution in [3.05, 3.63) is 35.4 Å². The molecule has 0 fully saturated rings. The molecule has 19 heavy (non-hydrogen) atoms. The van der Waals surface area contributed by atoms with Crippen LogP contribution in [-0.2, 0) is 11.2 Å². The first kappa shape index (κ1) is 16.1. The summed E-state index contributed by atoms with van der Waals surface area (Å²) in [6, 6.07) is 3.85. The normalized spacial score (nSPS) is 12.5. The maximum Gasteiger partial charge on any atom is 0.224 e. The van der Waals surface area contributed by atoms with E-state index in [1.165, 1.54) is 12.1 Å². The molecule has 0 saturated carbocycles. The summed E-state index contributed by atoms with van der Waals surface area (Å²) in [5, 5.41) is 2.71. The molecule has 1 aromatic rings. The Kier molecular flexibility index (Phi) is 6.42. The first-order valence-electron chi connectivity index (χ1n) is 6.23. The number of carbonyl (C=O) groups is 1. The van der Waals surface area contributed by atoms with E-state index < -0.39 is 11.6 Å². The van der Waals surface area contributed by atoms with Gasteiger partial charge in [-0.1, -0.05) is 41.9 Å². The fourth-order valence-corrected chi connectivity index (χ4v) is 2.65. The van der Waals surface area contributed by atoms with Crippen molar-refractivity contribution < 1.29 is 13.6 Å². The predicted octanol–water partition coefficient (Wildman–Crippen LogP) is 3.43. The number of carbonyl (C=O) groups excluding carboxylic acids is 1. The largest absolute Gasteiger partial charge is 0.355 e. The molecule has 0 bridgehead atoms. The average molecular weight is 334 g/mol. The number of benzene rings is 1. The molecular weight excluding hydrogens is 316 g/mol. The Balaban J connectivity index is 2.45. The third kappa shape index (κ3) is 5.68. The van der Waals surface area contributed by atoms with E-state index in [4.69, 9.17) is 0 Å². The van der Waals surface area contributed by atoms with E-state index in [9.17, 15) is 13.6 Å². The fourth-order valence-electron chi connectivity index (χ4n) is 1.74. The molecule has 1 unspecified atom stereocenters. The molecule has 106 valence electrons. The highest BCUT2D eigenvalue weighted by atomic mass is 79.9. The minimum Gasteiger partial charge on any atom is -0.355 e. The third-order valence-corrected chi connectivity index (χ3v) is 3.33. The topological polar surface area (TPSA) is 29.1 Å². The van der Waals surface area contributed by atoms with Crippen LogP contribution in [0.25, 0.3) is 0 Å². The van der Waals surface area contributed by atoms with Crippen LogP contribution in [-0.4, -0.2) is 17.3 Å². The van der Waals surface area contributed by atoms with Gasteiger partial charge in [0.05, 0.1) is 6.42 Å². The zero-order chi connectivity index (χ0) is 14.4. The number of rotatable bonds is 6. The summed E-state index contributed by atoms with van der Waals surface area (Å²) in [6.45, 7) is 4.67. The van der Waals surface area contributed by atoms with E-state index in [1.807, 2.05) is 0 Å². The van der Waals surface area contributed by atoms with Crippen molar-refractivity contribution in [2.45, 2.75) is 31.5 Å². The Morgan fingerprint density at radius 3 is 2.68 bits per heavy atom. The summed E-state index contributed by atoms with van der Waals surface area (Å²) in [5.41, 5.74) is 0.0764. The molecule has 0 aliphatic heterocycles. The van der Waals surface area contributed by atoms with Crippen molar-refractivity contribution in [1.29, 1.82) is 0 Å². The van der Waals surface area contributed by atoms with Gasteiger partial charge in [0.25, 0.3) is 0 Å². The molecule has 5 heteroatoms. The molecular formula is C14H18BrF2NO. The van der Waals surface area contributed by atoms with Crippen molar-refractivity contribution in [1.82, 2.24) is 5.32 Å². The van der Waals surface area contributed by atoms with Crippen LogP contribution in [0.1, 0.15) is 25.8 Å². The van der Waals surface area contributed by atoms with Gasteiger partial charge in [-0.2, -0.15) is 0 Å². The van der Waals surface area contributed by atoms with E-state index in [0.29, 0.717) is 12.5 Å². The molecule has 0 radical (unpaired) electrons. The molecule has 0 aliphatic carbocycles. The molecule has 1 amide bonds. The minimum atomic E-state index is -0.949. The van der Waals surface area contributed by atoms with Crippen LogP contribution in [0.15, 0.2) is 18.2 Å². The average Bonchev–Trinajstić information content (AvgIpc) is 2.32. The lowest BCUT2D eigenvalue weighted by molar-refractivity contribution is -0.120. The summed E-state index contributed by atoms with van der Waals surface area (Å²) in [5.74, 6) is -1.65. The molecule has 0 heterocycles. The van der Waals surface area contributed by atoms with Gasteiger partial charge < -0.3 is 5.32 Å². The minimum absolute atomic E-state index is 0.0764. The highest BCUT2D eigenvalue weighted by molar-refractivity contribution is 9.09. The SMILES string of the molecule is CC(C)CC(Br)CNC(=O)Cc1cccc(F)c1F. The van der Waals surface area contributed by atoms with Gasteiger partial charge in [-0.3, -0.25) is 4.79 Å². The van der Waals surface area contributed by atoms with Gasteiger partial charge in [-0.05, 0) is 18.4 Å². The number of nitrogens with one attached hydrogen (secondary N) is 1. The van der Waals surface area contributed by atoms with Crippen molar-refractivity contribution in [2.75, 3.05) is 6.54 Å². The molecule has 1 atom stereocenters. The smallest absolute Gasteiger partial charge is 0.224 e. The van der Waals surface area contributed by atoms with Gasteiger partial charge in [-0.15, -0.1) is 0 Å². The molecule has 0 aromatic heterocycles. The summed E-state index contributed by atoms with van der Waals surface area (Å²) < 4.78 is 26.3. The zero-order valence-electron chi connectivity index (χ0n) is 11.1. The van der Waals surface area contributed by atoms with E-state index in [0.717, 1.165) is 12.5 Å². The van der Waals surface area contributed by atoms with Crippen LogP contribution in [0.5, 0.6) is 0 Å². The second-order valence-electron chi connectivity index (χ2n) is 4.92. The molecule has 1 rings (SSSR count). The Labute approximate surface area is 120 Å². The van der Waals surface area contributed by atoms with Gasteiger partial charge in [0.15, 0.2) is 11.6 Å². The molecule has 1 aromatic carbocycles. The highest BCUT2D eigenvalue weighted by Gasteiger charge is 2.13. The Morgan fingerprint density at radius 1 is 1.37 bits per heavy atom. The standard InChI is InChI=1S/C14H18BrF2NO/c1-9(2)6-11(15)8-18-13(19)7-10-4-3-5-12(16)14(10)17/h3-5,9,11H,6-8H2,1-2H3,(H,18,19). The second kappa shape index (κ2) is 7.58. The molecule has 0 aliphatic rings. The number of halogens is 3. The van der Waals surface area contributed by atoms with Gasteiger partial charge in [0.1, 0.15) is 0 Å². The fraction of sp³-hybridized carbons (Fsp3) is 0.500. The van der Waals surface area contributed by atoms with Crippen molar-refractivity contribution >= 4 is 21.8 Å². The Morgan fingerprint density at radius 2 is 2.05 bits per heavy atom. The van der Waals surface area contributed by atoms with Crippen LogP contribution in [0, 0.1) is 17.6 Å². The van der Waals surface area contributed by atoms with Crippen LogP contribution < -0.4 is 5.32 Å². The van der Waals surface area contributed by atoms with E-state index in [2.05, 4.69) is 35.1 Å². The monoisotopic (exact) mass is 333 g/mol. The first-order valence-corrected chi connectivity index (χ1v) is 7.15. The maximum atomic E-state index is 13.4. The highest BCUT2D eigenvalue weighted by Crippen LogP contribution is 2.13. The second-order valence-corrected chi connectivity index (χ2v) is 6.22. The van der Waals surface area contributed by atoms with Crippen LogP contribution in [0.2, 0.25) is 0 Å². The third-order valence-electron chi connectivity index (χ3n) is 2.63. The molecule has 2 nitrogen and oxygen atoms in total. The summed E-state index contributed by atoms with van der Waals surface area (Å²) in [7, 11) is 0. The van der Waals surface area contributed by atoms with Crippen molar-refractivity contribution in [3.63, 3.8) is 0 Å². The van der Waals surface area contributed by atoms with Gasteiger partial charge in [-0.25, -0.2) is 8.78 Å². The Hall–Kier alpha value is -0.970. The summed E-state index contributed by atoms with van der Waals surface area (Å²) in [6.07, 6.45) is 0.791. The molecule has 0 saturated heterocycles. The lowest BCUT2D eigenvalue weighted by atomic mass is 10.1. The number of hydrogen-bond donors (Lipinski definition) is 1. The van der Waals surface area contributed by atoms with Crippen LogP contribution in [0.3, 0.4) is 0 Å². The molecule has 1 N–H and O–H groups in total. The van der Waals surface area contributed by atoms with E-state index >= 15 is 0 Å². The van der Waals surface area contributed by atoms with Crippen molar-refractivity contribution in [3.8, 4) is 0 Å². The van der Waals surface area contributed by atoms with Crippen LogP contribution >= 0.6 is 15.9 Å². The zero-order valence-corrected chi connectivity index (χ0v) is 12.6.